The Balaban J connectivity index is 1.96. The highest BCUT2D eigenvalue weighted by Crippen LogP contribution is 2.46. The summed E-state index contributed by atoms with van der Waals surface area (Å²) in [6.07, 6.45) is 6.66. The number of hydrogen-bond donors (Lipinski definition) is 0. The topological polar surface area (TPSA) is 0 Å². The Kier molecular flexibility index (Phi) is 4.67. The predicted molar refractivity (Wildman–Crippen MR) is 78.6 cm³/mol. The van der Waals surface area contributed by atoms with Gasteiger partial charge in [-0.3, -0.25) is 0 Å². The van der Waals surface area contributed by atoms with Crippen LogP contribution < -0.4 is 0 Å². The second kappa shape index (κ2) is 6.04. The molecule has 1 aromatic rings. The number of alkyl halides is 1. The highest BCUT2D eigenvalue weighted by atomic mass is 79.9. The van der Waals surface area contributed by atoms with Gasteiger partial charge in [-0.15, -0.1) is 0 Å². The van der Waals surface area contributed by atoms with Crippen molar-refractivity contribution in [1.82, 2.24) is 0 Å². The first-order valence-electron chi connectivity index (χ1n) is 6.95. The van der Waals surface area contributed by atoms with Crippen molar-refractivity contribution in [3.63, 3.8) is 0 Å². The second-order valence-corrected chi connectivity index (χ2v) is 6.43. The van der Waals surface area contributed by atoms with E-state index in [1.54, 1.807) is 0 Å². The van der Waals surface area contributed by atoms with E-state index in [2.05, 4.69) is 54.0 Å². The van der Waals surface area contributed by atoms with Gasteiger partial charge in [0.25, 0.3) is 0 Å². The molecule has 0 nitrogen and oxygen atoms in total. The molecule has 2 rings (SSSR count). The minimum atomic E-state index is 0.537. The van der Waals surface area contributed by atoms with Crippen molar-refractivity contribution in [1.29, 1.82) is 0 Å². The van der Waals surface area contributed by atoms with E-state index in [0.29, 0.717) is 4.83 Å². The van der Waals surface area contributed by atoms with Crippen LogP contribution >= 0.6 is 15.9 Å². The summed E-state index contributed by atoms with van der Waals surface area (Å²) in [5, 5.41) is 0. The smallest absolute Gasteiger partial charge is 0.0423 e. The molecular weight excluding hydrogens is 272 g/mol. The van der Waals surface area contributed by atoms with Gasteiger partial charge in [0.15, 0.2) is 0 Å². The van der Waals surface area contributed by atoms with Crippen molar-refractivity contribution in [3.05, 3.63) is 35.4 Å². The average Bonchev–Trinajstić information content (AvgIpc) is 3.19. The van der Waals surface area contributed by atoms with Crippen LogP contribution in [0, 0.1) is 11.8 Å². The summed E-state index contributed by atoms with van der Waals surface area (Å²) >= 11 is 3.87. The van der Waals surface area contributed by atoms with Gasteiger partial charge in [0.1, 0.15) is 0 Å². The molecule has 1 saturated carbocycles. The number of halogens is 1. The van der Waals surface area contributed by atoms with Crippen molar-refractivity contribution in [2.24, 2.45) is 11.8 Å². The molecule has 0 spiro atoms. The molecule has 0 aliphatic heterocycles. The zero-order chi connectivity index (χ0) is 12.3. The van der Waals surface area contributed by atoms with E-state index in [-0.39, 0.29) is 0 Å². The maximum Gasteiger partial charge on any atom is 0.0423 e. The van der Waals surface area contributed by atoms with Crippen LogP contribution in [0.4, 0.5) is 0 Å². The third-order valence-corrected chi connectivity index (χ3v) is 5.31. The van der Waals surface area contributed by atoms with Crippen molar-refractivity contribution in [3.8, 4) is 0 Å². The Morgan fingerprint density at radius 3 is 2.41 bits per heavy atom. The molecule has 0 saturated heterocycles. The number of benzene rings is 1. The third kappa shape index (κ3) is 3.58. The average molecular weight is 295 g/mol. The molecule has 0 amide bonds. The molecule has 1 aliphatic carbocycles. The summed E-state index contributed by atoms with van der Waals surface area (Å²) in [6.45, 7) is 4.63. The second-order valence-electron chi connectivity index (χ2n) is 5.44. The Bertz CT molecular complexity index is 337. The summed E-state index contributed by atoms with van der Waals surface area (Å²) in [7, 11) is 0. The summed E-state index contributed by atoms with van der Waals surface area (Å²) < 4.78 is 0. The Morgan fingerprint density at radius 1 is 1.24 bits per heavy atom. The summed E-state index contributed by atoms with van der Waals surface area (Å²) in [5.74, 6) is 1.73. The molecule has 0 N–H and O–H groups in total. The first-order chi connectivity index (χ1) is 8.22. The van der Waals surface area contributed by atoms with E-state index in [1.807, 2.05) is 0 Å². The van der Waals surface area contributed by atoms with Crippen LogP contribution in [0.25, 0.3) is 0 Å². The molecule has 0 bridgehead atoms. The van der Waals surface area contributed by atoms with Crippen LogP contribution in [-0.4, -0.2) is 0 Å². The number of aryl methyl sites for hydroxylation is 1. The van der Waals surface area contributed by atoms with Gasteiger partial charge in [-0.1, -0.05) is 60.5 Å². The van der Waals surface area contributed by atoms with Crippen LogP contribution in [0.5, 0.6) is 0 Å². The van der Waals surface area contributed by atoms with E-state index in [9.17, 15) is 0 Å². The van der Waals surface area contributed by atoms with Crippen molar-refractivity contribution >= 4 is 15.9 Å². The molecule has 94 valence electrons. The van der Waals surface area contributed by atoms with E-state index < -0.39 is 0 Å². The highest BCUT2D eigenvalue weighted by Gasteiger charge is 2.32. The van der Waals surface area contributed by atoms with E-state index in [0.717, 1.165) is 11.8 Å². The Labute approximate surface area is 114 Å². The molecule has 1 aliphatic rings. The molecule has 1 aromatic carbocycles. The standard InChI is InChI=1S/C16H23Br/c1-3-4-5-13-6-8-15(9-7-13)16(17)12(2)14-10-11-14/h6-9,12,14,16H,3-5,10-11H2,1-2H3. The monoisotopic (exact) mass is 294 g/mol. The van der Waals surface area contributed by atoms with Crippen molar-refractivity contribution < 1.29 is 0 Å². The summed E-state index contributed by atoms with van der Waals surface area (Å²) in [6, 6.07) is 9.23. The predicted octanol–water partition coefficient (Wildman–Crippen LogP) is 5.51. The minimum Gasteiger partial charge on any atom is -0.0836 e. The zero-order valence-corrected chi connectivity index (χ0v) is 12.5. The lowest BCUT2D eigenvalue weighted by Gasteiger charge is -2.18. The van der Waals surface area contributed by atoms with Gasteiger partial charge < -0.3 is 0 Å². The lowest BCUT2D eigenvalue weighted by Crippen LogP contribution is -2.05. The van der Waals surface area contributed by atoms with Crippen LogP contribution in [-0.2, 0) is 6.42 Å². The SMILES string of the molecule is CCCCc1ccc(C(Br)C(C)C2CC2)cc1. The summed E-state index contributed by atoms with van der Waals surface area (Å²) in [4.78, 5) is 0.537. The minimum absolute atomic E-state index is 0.537. The van der Waals surface area contributed by atoms with Crippen LogP contribution in [0.15, 0.2) is 24.3 Å². The molecule has 17 heavy (non-hydrogen) atoms. The molecule has 2 unspecified atom stereocenters. The zero-order valence-electron chi connectivity index (χ0n) is 11.0. The van der Waals surface area contributed by atoms with Crippen LogP contribution in [0.1, 0.15) is 55.5 Å². The molecule has 0 radical (unpaired) electrons. The van der Waals surface area contributed by atoms with Gasteiger partial charge in [0, 0.05) is 4.83 Å². The van der Waals surface area contributed by atoms with Crippen LogP contribution in [0.3, 0.4) is 0 Å². The molecule has 2 atom stereocenters. The first kappa shape index (κ1) is 13.1. The highest BCUT2D eigenvalue weighted by molar-refractivity contribution is 9.09. The van der Waals surface area contributed by atoms with Gasteiger partial charge >= 0.3 is 0 Å². The normalized spacial score (nSPS) is 19.0. The molecule has 0 heterocycles. The van der Waals surface area contributed by atoms with Crippen molar-refractivity contribution in [2.45, 2.75) is 50.8 Å². The van der Waals surface area contributed by atoms with Crippen LogP contribution in [0.2, 0.25) is 0 Å². The Hall–Kier alpha value is -0.300. The number of hydrogen-bond acceptors (Lipinski definition) is 0. The van der Waals surface area contributed by atoms with Crippen molar-refractivity contribution in [2.75, 3.05) is 0 Å². The lowest BCUT2D eigenvalue weighted by molar-refractivity contribution is 0.503. The lowest BCUT2D eigenvalue weighted by atomic mass is 9.95. The van der Waals surface area contributed by atoms with E-state index in [1.165, 1.54) is 43.2 Å². The fraction of sp³-hybridized carbons (Fsp3) is 0.625. The molecule has 0 aromatic heterocycles. The van der Waals surface area contributed by atoms with Gasteiger partial charge in [0.05, 0.1) is 0 Å². The maximum absolute atomic E-state index is 3.87. The molecule has 1 heteroatoms. The van der Waals surface area contributed by atoms with Gasteiger partial charge in [-0.2, -0.15) is 0 Å². The number of unbranched alkanes of at least 4 members (excludes halogenated alkanes) is 1. The molecular formula is C16H23Br. The maximum atomic E-state index is 3.87. The summed E-state index contributed by atoms with van der Waals surface area (Å²) in [5.41, 5.74) is 2.93. The Morgan fingerprint density at radius 2 is 1.88 bits per heavy atom. The van der Waals surface area contributed by atoms with E-state index in [4.69, 9.17) is 0 Å². The fourth-order valence-electron chi connectivity index (χ4n) is 2.41. The van der Waals surface area contributed by atoms with Gasteiger partial charge in [-0.05, 0) is 48.6 Å². The van der Waals surface area contributed by atoms with E-state index >= 15 is 0 Å². The quantitative estimate of drug-likeness (QED) is 0.607. The molecule has 1 fully saturated rings. The largest absolute Gasteiger partial charge is 0.0836 e. The van der Waals surface area contributed by atoms with Gasteiger partial charge in [0.2, 0.25) is 0 Å². The third-order valence-electron chi connectivity index (χ3n) is 3.94. The van der Waals surface area contributed by atoms with Gasteiger partial charge in [-0.25, -0.2) is 0 Å². The first-order valence-corrected chi connectivity index (χ1v) is 7.87. The fourth-order valence-corrected chi connectivity index (χ4v) is 3.15. The number of rotatable bonds is 6.